The number of nitrogens with zero attached hydrogens (tertiary/aromatic N) is 3. The van der Waals surface area contributed by atoms with Crippen LogP contribution in [0.1, 0.15) is 43.8 Å². The van der Waals surface area contributed by atoms with Gasteiger partial charge in [0, 0.05) is 43.7 Å². The van der Waals surface area contributed by atoms with Gasteiger partial charge in [0.25, 0.3) is 5.91 Å². The standard InChI is InChI=1S/C25H30N4O3S/c1-5-28-11-13-29(14-12-28)15-18-9-10-20-21(22(25(31)32-4)33-24(20)26-18)27-23(30)19-8-6-7-16(2)17(19)3/h6-10H,5,11-15H2,1-4H3,(H,27,30). The van der Waals surface area contributed by atoms with Crippen molar-refractivity contribution in [3.63, 3.8) is 0 Å². The zero-order chi connectivity index (χ0) is 23.5. The molecule has 33 heavy (non-hydrogen) atoms. The quantitative estimate of drug-likeness (QED) is 0.552. The Kier molecular flexibility index (Phi) is 7.07. The fourth-order valence-corrected chi connectivity index (χ4v) is 5.20. The number of fused-ring (bicyclic) bond motifs is 1. The van der Waals surface area contributed by atoms with Crippen molar-refractivity contribution in [2.24, 2.45) is 0 Å². The van der Waals surface area contributed by atoms with Crippen molar-refractivity contribution >= 4 is 39.1 Å². The zero-order valence-corrected chi connectivity index (χ0v) is 20.4. The summed E-state index contributed by atoms with van der Waals surface area (Å²) < 4.78 is 4.99. The average molecular weight is 467 g/mol. The number of benzene rings is 1. The van der Waals surface area contributed by atoms with Gasteiger partial charge in [0.15, 0.2) is 0 Å². The number of ether oxygens (including phenoxy) is 1. The van der Waals surface area contributed by atoms with Gasteiger partial charge >= 0.3 is 5.97 Å². The van der Waals surface area contributed by atoms with Crippen molar-refractivity contribution < 1.29 is 14.3 Å². The van der Waals surface area contributed by atoms with E-state index in [0.717, 1.165) is 66.3 Å². The number of methoxy groups -OCH3 is 1. The third-order valence-corrected chi connectivity index (χ3v) is 7.45. The van der Waals surface area contributed by atoms with E-state index >= 15 is 0 Å². The number of thiophene rings is 1. The summed E-state index contributed by atoms with van der Waals surface area (Å²) in [6.45, 7) is 12.1. The molecule has 0 aliphatic carbocycles. The summed E-state index contributed by atoms with van der Waals surface area (Å²) in [6, 6.07) is 9.55. The van der Waals surface area contributed by atoms with Crippen molar-refractivity contribution in [3.8, 4) is 0 Å². The van der Waals surface area contributed by atoms with E-state index in [0.29, 0.717) is 16.1 Å². The minimum Gasteiger partial charge on any atom is -0.465 e. The Hall–Kier alpha value is -2.81. The number of pyridine rings is 1. The topological polar surface area (TPSA) is 74.8 Å². The summed E-state index contributed by atoms with van der Waals surface area (Å²) in [6.07, 6.45) is 0. The average Bonchev–Trinajstić information content (AvgIpc) is 3.18. The van der Waals surface area contributed by atoms with Gasteiger partial charge in [0.1, 0.15) is 9.71 Å². The van der Waals surface area contributed by atoms with Crippen LogP contribution in [0.5, 0.6) is 0 Å². The summed E-state index contributed by atoms with van der Waals surface area (Å²) in [7, 11) is 1.35. The molecule has 1 saturated heterocycles. The minimum absolute atomic E-state index is 0.251. The van der Waals surface area contributed by atoms with Crippen LogP contribution in [-0.4, -0.2) is 66.5 Å². The summed E-state index contributed by atoms with van der Waals surface area (Å²) in [5.41, 5.74) is 3.96. The molecule has 0 atom stereocenters. The highest BCUT2D eigenvalue weighted by Crippen LogP contribution is 2.36. The molecule has 1 amide bonds. The normalized spacial score (nSPS) is 15.0. The van der Waals surface area contributed by atoms with Gasteiger partial charge in [-0.1, -0.05) is 19.1 Å². The first-order chi connectivity index (χ1) is 15.9. The number of esters is 1. The number of aromatic nitrogens is 1. The Morgan fingerprint density at radius 3 is 2.52 bits per heavy atom. The first-order valence-corrected chi connectivity index (χ1v) is 12.1. The molecule has 8 heteroatoms. The summed E-state index contributed by atoms with van der Waals surface area (Å²) in [5.74, 6) is -0.731. The van der Waals surface area contributed by atoms with Crippen LogP contribution in [0.25, 0.3) is 10.2 Å². The second-order valence-electron chi connectivity index (χ2n) is 8.37. The van der Waals surface area contributed by atoms with Gasteiger partial charge in [-0.25, -0.2) is 9.78 Å². The molecule has 7 nitrogen and oxygen atoms in total. The Bertz CT molecular complexity index is 1180. The van der Waals surface area contributed by atoms with E-state index in [9.17, 15) is 9.59 Å². The van der Waals surface area contributed by atoms with E-state index in [1.54, 1.807) is 6.07 Å². The van der Waals surface area contributed by atoms with Gasteiger partial charge in [0.2, 0.25) is 0 Å². The van der Waals surface area contributed by atoms with E-state index in [1.165, 1.54) is 18.4 Å². The second-order valence-corrected chi connectivity index (χ2v) is 9.36. The molecule has 2 aromatic heterocycles. The van der Waals surface area contributed by atoms with Crippen LogP contribution in [0.4, 0.5) is 5.69 Å². The van der Waals surface area contributed by atoms with Crippen LogP contribution in [0.3, 0.4) is 0 Å². The Balaban J connectivity index is 1.62. The number of piperazine rings is 1. The summed E-state index contributed by atoms with van der Waals surface area (Å²) in [4.78, 5) is 36.3. The van der Waals surface area contributed by atoms with Crippen molar-refractivity contribution in [2.45, 2.75) is 27.3 Å². The number of amides is 1. The maximum Gasteiger partial charge on any atom is 0.350 e. The molecule has 1 aromatic carbocycles. The molecule has 0 bridgehead atoms. The summed E-state index contributed by atoms with van der Waals surface area (Å²) >= 11 is 1.25. The van der Waals surface area contributed by atoms with Crippen LogP contribution in [0.2, 0.25) is 0 Å². The molecule has 0 unspecified atom stereocenters. The molecule has 0 spiro atoms. The van der Waals surface area contributed by atoms with E-state index < -0.39 is 5.97 Å². The lowest BCUT2D eigenvalue weighted by atomic mass is 10.0. The molecule has 4 rings (SSSR count). The van der Waals surface area contributed by atoms with E-state index in [2.05, 4.69) is 22.0 Å². The number of anilines is 1. The lowest BCUT2D eigenvalue weighted by Crippen LogP contribution is -2.45. The van der Waals surface area contributed by atoms with E-state index in [4.69, 9.17) is 9.72 Å². The monoisotopic (exact) mass is 466 g/mol. The SMILES string of the molecule is CCN1CCN(Cc2ccc3c(NC(=O)c4cccc(C)c4C)c(C(=O)OC)sc3n2)CC1. The van der Waals surface area contributed by atoms with Crippen molar-refractivity contribution in [3.05, 3.63) is 57.6 Å². The van der Waals surface area contributed by atoms with Crippen LogP contribution >= 0.6 is 11.3 Å². The molecular formula is C25H30N4O3S. The molecule has 3 heterocycles. The molecule has 1 fully saturated rings. The highest BCUT2D eigenvalue weighted by Gasteiger charge is 2.23. The van der Waals surface area contributed by atoms with E-state index in [-0.39, 0.29) is 5.91 Å². The Labute approximate surface area is 198 Å². The van der Waals surface area contributed by atoms with Crippen LogP contribution in [0.15, 0.2) is 30.3 Å². The Morgan fingerprint density at radius 1 is 1.09 bits per heavy atom. The number of hydrogen-bond acceptors (Lipinski definition) is 7. The van der Waals surface area contributed by atoms with Crippen LogP contribution < -0.4 is 5.32 Å². The first kappa shape index (κ1) is 23.4. The number of likely N-dealkylation sites (N-methyl/N-ethyl adjacent to an activating group) is 1. The van der Waals surface area contributed by atoms with Gasteiger partial charge < -0.3 is 15.0 Å². The summed E-state index contributed by atoms with van der Waals surface area (Å²) in [5, 5.41) is 3.71. The molecule has 1 N–H and O–H groups in total. The Morgan fingerprint density at radius 2 is 1.82 bits per heavy atom. The van der Waals surface area contributed by atoms with Crippen molar-refractivity contribution in [1.29, 1.82) is 0 Å². The maximum absolute atomic E-state index is 13.1. The van der Waals surface area contributed by atoms with Crippen LogP contribution in [-0.2, 0) is 11.3 Å². The number of rotatable bonds is 6. The largest absolute Gasteiger partial charge is 0.465 e. The third-order valence-electron chi connectivity index (χ3n) is 6.37. The molecule has 0 saturated carbocycles. The maximum atomic E-state index is 13.1. The van der Waals surface area contributed by atoms with Gasteiger partial charge in [-0.05, 0) is 49.7 Å². The number of aryl methyl sites for hydroxylation is 1. The number of nitrogens with one attached hydrogen (secondary N) is 1. The molecular weight excluding hydrogens is 436 g/mol. The molecule has 3 aromatic rings. The van der Waals surface area contributed by atoms with Gasteiger partial charge in [0.05, 0.1) is 18.5 Å². The first-order valence-electron chi connectivity index (χ1n) is 11.2. The van der Waals surface area contributed by atoms with E-state index in [1.807, 2.05) is 38.1 Å². The van der Waals surface area contributed by atoms with Gasteiger partial charge in [-0.2, -0.15) is 0 Å². The number of hydrogen-bond donors (Lipinski definition) is 1. The van der Waals surface area contributed by atoms with Crippen molar-refractivity contribution in [1.82, 2.24) is 14.8 Å². The van der Waals surface area contributed by atoms with Crippen molar-refractivity contribution in [2.75, 3.05) is 45.2 Å². The number of carbonyl (C=O) groups is 2. The fourth-order valence-electron chi connectivity index (χ4n) is 4.14. The second kappa shape index (κ2) is 9.99. The highest BCUT2D eigenvalue weighted by molar-refractivity contribution is 7.21. The fraction of sp³-hybridized carbons (Fsp3) is 0.400. The zero-order valence-electron chi connectivity index (χ0n) is 19.6. The number of carbonyl (C=O) groups excluding carboxylic acids is 2. The highest BCUT2D eigenvalue weighted by atomic mass is 32.1. The lowest BCUT2D eigenvalue weighted by molar-refractivity contribution is 0.0607. The van der Waals surface area contributed by atoms with Gasteiger partial charge in [-0.3, -0.25) is 9.69 Å². The minimum atomic E-state index is -0.480. The smallest absolute Gasteiger partial charge is 0.350 e. The van der Waals surface area contributed by atoms with Crippen LogP contribution in [0, 0.1) is 13.8 Å². The van der Waals surface area contributed by atoms with Gasteiger partial charge in [-0.15, -0.1) is 11.3 Å². The molecule has 0 radical (unpaired) electrons. The molecule has 174 valence electrons. The predicted molar refractivity (Wildman–Crippen MR) is 132 cm³/mol. The molecule has 1 aliphatic rings. The molecule has 1 aliphatic heterocycles. The predicted octanol–water partition coefficient (Wildman–Crippen LogP) is 4.09. The lowest BCUT2D eigenvalue weighted by Gasteiger charge is -2.33. The third kappa shape index (κ3) is 4.93.